The number of benzene rings is 2. The summed E-state index contributed by atoms with van der Waals surface area (Å²) in [6.07, 6.45) is 2.09. The van der Waals surface area contributed by atoms with E-state index in [1.54, 1.807) is 18.2 Å². The van der Waals surface area contributed by atoms with Gasteiger partial charge < -0.3 is 9.30 Å². The van der Waals surface area contributed by atoms with E-state index in [1.807, 2.05) is 0 Å². The highest BCUT2D eigenvalue weighted by Crippen LogP contribution is 2.25. The van der Waals surface area contributed by atoms with Gasteiger partial charge in [-0.05, 0) is 37.6 Å². The van der Waals surface area contributed by atoms with Gasteiger partial charge in [0.05, 0.1) is 0 Å². The van der Waals surface area contributed by atoms with Crippen LogP contribution in [0, 0.1) is 12.7 Å². The molecule has 0 atom stereocenters. The maximum atomic E-state index is 13.6. The first kappa shape index (κ1) is 13.7. The molecular weight excluding hydrogens is 265 g/mol. The van der Waals surface area contributed by atoms with E-state index in [-0.39, 0.29) is 5.82 Å². The Kier molecular flexibility index (Phi) is 3.65. The number of aromatic nitrogens is 1. The van der Waals surface area contributed by atoms with Crippen LogP contribution >= 0.6 is 0 Å². The van der Waals surface area contributed by atoms with Crippen molar-refractivity contribution in [1.82, 2.24) is 4.57 Å². The first-order valence-corrected chi connectivity index (χ1v) is 7.14. The average molecular weight is 283 g/mol. The van der Waals surface area contributed by atoms with Crippen LogP contribution in [0.3, 0.4) is 0 Å². The molecule has 0 saturated heterocycles. The van der Waals surface area contributed by atoms with E-state index in [9.17, 15) is 4.39 Å². The number of aryl methyl sites for hydroxylation is 2. The van der Waals surface area contributed by atoms with Crippen LogP contribution in [0.1, 0.15) is 18.1 Å². The summed E-state index contributed by atoms with van der Waals surface area (Å²) in [7, 11) is 0. The van der Waals surface area contributed by atoms with Crippen molar-refractivity contribution in [3.8, 4) is 5.75 Å². The third kappa shape index (κ3) is 2.64. The summed E-state index contributed by atoms with van der Waals surface area (Å²) in [5.74, 6) is -0.0328. The summed E-state index contributed by atoms with van der Waals surface area (Å²) in [4.78, 5) is 0. The van der Waals surface area contributed by atoms with Gasteiger partial charge in [-0.3, -0.25) is 0 Å². The zero-order valence-corrected chi connectivity index (χ0v) is 12.3. The van der Waals surface area contributed by atoms with E-state index in [0.29, 0.717) is 12.4 Å². The first-order chi connectivity index (χ1) is 10.2. The van der Waals surface area contributed by atoms with Gasteiger partial charge in [0.2, 0.25) is 0 Å². The van der Waals surface area contributed by atoms with E-state index in [2.05, 4.69) is 42.8 Å². The highest BCUT2D eigenvalue weighted by molar-refractivity contribution is 5.84. The molecule has 0 bridgehead atoms. The Labute approximate surface area is 123 Å². The number of halogens is 1. The van der Waals surface area contributed by atoms with Crippen molar-refractivity contribution < 1.29 is 9.13 Å². The minimum Gasteiger partial charge on any atom is -0.486 e. The Balaban J connectivity index is 1.92. The van der Waals surface area contributed by atoms with Gasteiger partial charge >= 0.3 is 0 Å². The highest BCUT2D eigenvalue weighted by Gasteiger charge is 2.09. The molecule has 0 N–H and O–H groups in total. The molecule has 1 aromatic heterocycles. The van der Waals surface area contributed by atoms with Gasteiger partial charge in [0, 0.05) is 29.2 Å². The van der Waals surface area contributed by atoms with Crippen LogP contribution in [0.25, 0.3) is 10.9 Å². The number of hydrogen-bond donors (Lipinski definition) is 0. The second kappa shape index (κ2) is 5.60. The van der Waals surface area contributed by atoms with Crippen LogP contribution in [0.4, 0.5) is 4.39 Å². The van der Waals surface area contributed by atoms with Crippen molar-refractivity contribution in [2.75, 3.05) is 0 Å². The first-order valence-electron chi connectivity index (χ1n) is 7.14. The molecule has 3 heteroatoms. The largest absolute Gasteiger partial charge is 0.486 e. The lowest BCUT2D eigenvalue weighted by Crippen LogP contribution is -1.96. The molecular formula is C18H18FNO. The average Bonchev–Trinajstić information content (AvgIpc) is 2.83. The van der Waals surface area contributed by atoms with Crippen molar-refractivity contribution in [3.63, 3.8) is 0 Å². The van der Waals surface area contributed by atoms with Crippen molar-refractivity contribution in [1.29, 1.82) is 0 Å². The minimum absolute atomic E-state index is 0.294. The molecule has 2 nitrogen and oxygen atoms in total. The van der Waals surface area contributed by atoms with Gasteiger partial charge in [0.25, 0.3) is 0 Å². The molecule has 3 aromatic rings. The quantitative estimate of drug-likeness (QED) is 0.677. The lowest BCUT2D eigenvalue weighted by atomic mass is 10.1. The normalized spacial score (nSPS) is 11.0. The Hall–Kier alpha value is -2.29. The number of rotatable bonds is 4. The van der Waals surface area contributed by atoms with Crippen LogP contribution in [0.15, 0.2) is 48.7 Å². The minimum atomic E-state index is -0.326. The predicted octanol–water partition coefficient (Wildman–Crippen LogP) is 4.69. The Morgan fingerprint density at radius 3 is 2.71 bits per heavy atom. The molecule has 0 aliphatic rings. The van der Waals surface area contributed by atoms with E-state index in [1.165, 1.54) is 22.5 Å². The number of nitrogens with zero attached hydrogens (tertiary/aromatic N) is 1. The van der Waals surface area contributed by atoms with Crippen LogP contribution in [-0.4, -0.2) is 4.57 Å². The third-order valence-corrected chi connectivity index (χ3v) is 3.68. The number of ether oxygens (including phenoxy) is 1. The lowest BCUT2D eigenvalue weighted by Gasteiger charge is -2.06. The third-order valence-electron chi connectivity index (χ3n) is 3.68. The van der Waals surface area contributed by atoms with Gasteiger partial charge in [0.1, 0.15) is 6.61 Å². The van der Waals surface area contributed by atoms with Crippen molar-refractivity contribution in [2.45, 2.75) is 27.0 Å². The maximum Gasteiger partial charge on any atom is 0.165 e. The van der Waals surface area contributed by atoms with Crippen LogP contribution in [0.5, 0.6) is 5.75 Å². The SMILES string of the molecule is CCn1cc(COc2ccccc2F)c2ccc(C)cc21. The van der Waals surface area contributed by atoms with Gasteiger partial charge in [-0.2, -0.15) is 0 Å². The summed E-state index contributed by atoms with van der Waals surface area (Å²) < 4.78 is 21.4. The highest BCUT2D eigenvalue weighted by atomic mass is 19.1. The lowest BCUT2D eigenvalue weighted by molar-refractivity contribution is 0.291. The van der Waals surface area contributed by atoms with Gasteiger partial charge in [0.15, 0.2) is 11.6 Å². The summed E-state index contributed by atoms with van der Waals surface area (Å²) in [6, 6.07) is 12.9. The molecule has 0 aliphatic heterocycles. The van der Waals surface area contributed by atoms with Crippen molar-refractivity contribution in [3.05, 3.63) is 65.6 Å². The molecule has 0 amide bonds. The number of hydrogen-bond acceptors (Lipinski definition) is 1. The fourth-order valence-corrected chi connectivity index (χ4v) is 2.57. The Morgan fingerprint density at radius 2 is 1.95 bits per heavy atom. The van der Waals surface area contributed by atoms with Crippen molar-refractivity contribution >= 4 is 10.9 Å². The monoisotopic (exact) mass is 283 g/mol. The fourth-order valence-electron chi connectivity index (χ4n) is 2.57. The van der Waals surface area contributed by atoms with Crippen molar-refractivity contribution in [2.24, 2.45) is 0 Å². The number of fused-ring (bicyclic) bond motifs is 1. The molecule has 108 valence electrons. The van der Waals surface area contributed by atoms with Gasteiger partial charge in [-0.1, -0.05) is 24.3 Å². The standard InChI is InChI=1S/C18H18FNO/c1-3-20-11-14(15-9-8-13(2)10-17(15)20)12-21-18-7-5-4-6-16(18)19/h4-11H,3,12H2,1-2H3. The predicted molar refractivity (Wildman–Crippen MR) is 83.1 cm³/mol. The van der Waals surface area contributed by atoms with Crippen LogP contribution in [0.2, 0.25) is 0 Å². The Bertz CT molecular complexity index is 776. The van der Waals surface area contributed by atoms with Gasteiger partial charge in [-0.15, -0.1) is 0 Å². The zero-order valence-electron chi connectivity index (χ0n) is 12.3. The van der Waals surface area contributed by atoms with E-state index < -0.39 is 0 Å². The molecule has 3 rings (SSSR count). The summed E-state index contributed by atoms with van der Waals surface area (Å²) in [6.45, 7) is 5.47. The van der Waals surface area contributed by atoms with Crippen LogP contribution < -0.4 is 4.74 Å². The topological polar surface area (TPSA) is 14.2 Å². The molecule has 1 heterocycles. The molecule has 2 aromatic carbocycles. The summed E-state index contributed by atoms with van der Waals surface area (Å²) in [5.41, 5.74) is 3.51. The summed E-state index contributed by atoms with van der Waals surface area (Å²) in [5, 5.41) is 1.17. The molecule has 0 saturated carbocycles. The molecule has 0 unspecified atom stereocenters. The molecule has 21 heavy (non-hydrogen) atoms. The molecule has 0 radical (unpaired) electrons. The van der Waals surface area contributed by atoms with Crippen LogP contribution in [-0.2, 0) is 13.2 Å². The van der Waals surface area contributed by atoms with E-state index in [0.717, 1.165) is 12.1 Å². The maximum absolute atomic E-state index is 13.6. The fraction of sp³-hybridized carbons (Fsp3) is 0.222. The van der Waals surface area contributed by atoms with Gasteiger partial charge in [-0.25, -0.2) is 4.39 Å². The molecule has 0 spiro atoms. The van der Waals surface area contributed by atoms with E-state index >= 15 is 0 Å². The second-order valence-corrected chi connectivity index (χ2v) is 5.18. The Morgan fingerprint density at radius 1 is 1.14 bits per heavy atom. The molecule has 0 fully saturated rings. The zero-order chi connectivity index (χ0) is 14.8. The van der Waals surface area contributed by atoms with E-state index in [4.69, 9.17) is 4.74 Å². The smallest absolute Gasteiger partial charge is 0.165 e. The molecule has 0 aliphatic carbocycles. The second-order valence-electron chi connectivity index (χ2n) is 5.18. The summed E-state index contributed by atoms with van der Waals surface area (Å²) >= 11 is 0. The number of para-hydroxylation sites is 1.